The molecule has 0 bridgehead atoms. The maximum atomic E-state index is 10.4. The van der Waals surface area contributed by atoms with E-state index in [0.29, 0.717) is 6.42 Å². The Morgan fingerprint density at radius 2 is 2.30 bits per heavy atom. The fourth-order valence-electron chi connectivity index (χ4n) is 1.41. The molecule has 0 aromatic carbocycles. The number of aliphatic carboxylic acids is 1. The second kappa shape index (κ2) is 2.70. The number of carboxylic acids is 1. The van der Waals surface area contributed by atoms with Crippen LogP contribution in [0.1, 0.15) is 19.3 Å². The van der Waals surface area contributed by atoms with Crippen molar-refractivity contribution >= 4 is 5.97 Å². The molecule has 3 nitrogen and oxygen atoms in total. The maximum Gasteiger partial charge on any atom is 0.307 e. The molecule has 0 unspecified atom stereocenters. The lowest BCUT2D eigenvalue weighted by atomic mass is 9.98. The second-order valence-corrected chi connectivity index (χ2v) is 2.61. The van der Waals surface area contributed by atoms with Crippen molar-refractivity contribution in [1.29, 1.82) is 5.26 Å². The highest BCUT2D eigenvalue weighted by atomic mass is 16.4. The highest BCUT2D eigenvalue weighted by Crippen LogP contribution is 2.30. The molecule has 0 saturated heterocycles. The van der Waals surface area contributed by atoms with Gasteiger partial charge in [0, 0.05) is 0 Å². The Morgan fingerprint density at radius 1 is 1.60 bits per heavy atom. The van der Waals surface area contributed by atoms with E-state index < -0.39 is 11.9 Å². The molecule has 1 fully saturated rings. The van der Waals surface area contributed by atoms with Gasteiger partial charge >= 0.3 is 5.97 Å². The van der Waals surface area contributed by atoms with Crippen LogP contribution in [0.15, 0.2) is 0 Å². The molecule has 0 heterocycles. The van der Waals surface area contributed by atoms with Crippen molar-refractivity contribution in [3.05, 3.63) is 0 Å². The summed E-state index contributed by atoms with van der Waals surface area (Å²) in [7, 11) is 0. The Morgan fingerprint density at radius 3 is 2.70 bits per heavy atom. The van der Waals surface area contributed by atoms with Gasteiger partial charge in [-0.15, -0.1) is 0 Å². The second-order valence-electron chi connectivity index (χ2n) is 2.61. The van der Waals surface area contributed by atoms with Gasteiger partial charge in [0.1, 0.15) is 0 Å². The molecule has 0 radical (unpaired) electrons. The van der Waals surface area contributed by atoms with Gasteiger partial charge in [-0.1, -0.05) is 6.42 Å². The molecule has 2 atom stereocenters. The minimum absolute atomic E-state index is 0.238. The number of carboxylic acid groups (broad SMARTS) is 1. The van der Waals surface area contributed by atoms with Crippen LogP contribution in [0.3, 0.4) is 0 Å². The van der Waals surface area contributed by atoms with E-state index in [2.05, 4.69) is 0 Å². The summed E-state index contributed by atoms with van der Waals surface area (Å²) in [5.74, 6) is -1.45. The molecular weight excluding hydrogens is 130 g/mol. The third kappa shape index (κ3) is 1.10. The SMILES string of the molecule is N#C[C@@H]1CCC[C@H]1C(=O)O. The maximum absolute atomic E-state index is 10.4. The summed E-state index contributed by atoms with van der Waals surface area (Å²) in [6, 6.07) is 2.01. The first-order chi connectivity index (χ1) is 4.75. The van der Waals surface area contributed by atoms with Crippen molar-refractivity contribution in [2.45, 2.75) is 19.3 Å². The van der Waals surface area contributed by atoms with Crippen molar-refractivity contribution in [2.75, 3.05) is 0 Å². The highest BCUT2D eigenvalue weighted by Gasteiger charge is 2.32. The van der Waals surface area contributed by atoms with Crippen LogP contribution in [0.2, 0.25) is 0 Å². The summed E-state index contributed by atoms with van der Waals surface area (Å²) in [4.78, 5) is 10.4. The van der Waals surface area contributed by atoms with Crippen LogP contribution in [0.4, 0.5) is 0 Å². The number of carbonyl (C=O) groups is 1. The largest absolute Gasteiger partial charge is 0.481 e. The molecule has 3 heteroatoms. The first-order valence-corrected chi connectivity index (χ1v) is 3.38. The van der Waals surface area contributed by atoms with E-state index in [1.54, 1.807) is 0 Å². The minimum Gasteiger partial charge on any atom is -0.481 e. The molecule has 1 aliphatic rings. The van der Waals surface area contributed by atoms with Gasteiger partial charge in [0.05, 0.1) is 17.9 Å². The molecule has 0 aliphatic heterocycles. The van der Waals surface area contributed by atoms with Crippen LogP contribution in [-0.4, -0.2) is 11.1 Å². The Kier molecular flexibility index (Phi) is 1.91. The van der Waals surface area contributed by atoms with E-state index in [0.717, 1.165) is 12.8 Å². The van der Waals surface area contributed by atoms with Gasteiger partial charge in [-0.05, 0) is 12.8 Å². The Labute approximate surface area is 59.3 Å². The van der Waals surface area contributed by atoms with Crippen molar-refractivity contribution in [2.24, 2.45) is 11.8 Å². The average Bonchev–Trinajstić information content (AvgIpc) is 2.33. The lowest BCUT2D eigenvalue weighted by Crippen LogP contribution is -2.16. The number of nitriles is 1. The zero-order valence-electron chi connectivity index (χ0n) is 5.58. The summed E-state index contributed by atoms with van der Waals surface area (Å²) in [6.45, 7) is 0. The van der Waals surface area contributed by atoms with Gasteiger partial charge in [0.25, 0.3) is 0 Å². The summed E-state index contributed by atoms with van der Waals surface area (Å²) in [5.41, 5.74) is 0. The third-order valence-corrected chi connectivity index (χ3v) is 2.00. The molecule has 0 aromatic rings. The Bertz CT molecular complexity index is 183. The van der Waals surface area contributed by atoms with Crippen molar-refractivity contribution < 1.29 is 9.90 Å². The highest BCUT2D eigenvalue weighted by molar-refractivity contribution is 5.71. The van der Waals surface area contributed by atoms with Gasteiger partial charge in [-0.25, -0.2) is 0 Å². The van der Waals surface area contributed by atoms with Gasteiger partial charge in [-0.2, -0.15) is 5.26 Å². The Balaban J connectivity index is 2.61. The van der Waals surface area contributed by atoms with Gasteiger partial charge in [0.15, 0.2) is 0 Å². The van der Waals surface area contributed by atoms with Crippen LogP contribution >= 0.6 is 0 Å². The van der Waals surface area contributed by atoms with Crippen molar-refractivity contribution in [3.8, 4) is 6.07 Å². The van der Waals surface area contributed by atoms with Crippen LogP contribution < -0.4 is 0 Å². The summed E-state index contributed by atoms with van der Waals surface area (Å²) in [5, 5.41) is 17.0. The lowest BCUT2D eigenvalue weighted by Gasteiger charge is -2.04. The number of rotatable bonds is 1. The van der Waals surface area contributed by atoms with Gasteiger partial charge in [-0.3, -0.25) is 4.79 Å². The predicted octanol–water partition coefficient (Wildman–Crippen LogP) is 1.01. The summed E-state index contributed by atoms with van der Waals surface area (Å²) < 4.78 is 0. The number of hydrogen-bond donors (Lipinski definition) is 1. The number of nitrogens with zero attached hydrogens (tertiary/aromatic N) is 1. The van der Waals surface area contributed by atoms with Crippen LogP contribution in [0.25, 0.3) is 0 Å². The Hall–Kier alpha value is -1.04. The first-order valence-electron chi connectivity index (χ1n) is 3.38. The molecule has 10 heavy (non-hydrogen) atoms. The van der Waals surface area contributed by atoms with E-state index in [9.17, 15) is 4.79 Å². The van der Waals surface area contributed by atoms with E-state index in [1.807, 2.05) is 6.07 Å². The summed E-state index contributed by atoms with van der Waals surface area (Å²) >= 11 is 0. The van der Waals surface area contributed by atoms with Crippen molar-refractivity contribution in [1.82, 2.24) is 0 Å². The monoisotopic (exact) mass is 139 g/mol. The quantitative estimate of drug-likeness (QED) is 0.589. The van der Waals surface area contributed by atoms with Crippen LogP contribution in [0, 0.1) is 23.2 Å². The van der Waals surface area contributed by atoms with Crippen LogP contribution in [0.5, 0.6) is 0 Å². The third-order valence-electron chi connectivity index (χ3n) is 2.00. The van der Waals surface area contributed by atoms with E-state index in [-0.39, 0.29) is 5.92 Å². The number of hydrogen-bond acceptors (Lipinski definition) is 2. The van der Waals surface area contributed by atoms with E-state index in [4.69, 9.17) is 10.4 Å². The topological polar surface area (TPSA) is 61.1 Å². The zero-order chi connectivity index (χ0) is 7.56. The van der Waals surface area contributed by atoms with Crippen LogP contribution in [-0.2, 0) is 4.79 Å². The molecule has 0 spiro atoms. The normalized spacial score (nSPS) is 31.5. The molecule has 54 valence electrons. The van der Waals surface area contributed by atoms with E-state index in [1.165, 1.54) is 0 Å². The van der Waals surface area contributed by atoms with Crippen molar-refractivity contribution in [3.63, 3.8) is 0 Å². The first kappa shape index (κ1) is 7.07. The molecule has 0 amide bonds. The van der Waals surface area contributed by atoms with Gasteiger partial charge < -0.3 is 5.11 Å². The summed E-state index contributed by atoms with van der Waals surface area (Å²) in [6.07, 6.45) is 2.32. The molecule has 1 saturated carbocycles. The van der Waals surface area contributed by atoms with Gasteiger partial charge in [0.2, 0.25) is 0 Å². The molecule has 0 aromatic heterocycles. The molecular formula is C7H9NO2. The average molecular weight is 139 g/mol. The fraction of sp³-hybridized carbons (Fsp3) is 0.714. The van der Waals surface area contributed by atoms with E-state index >= 15 is 0 Å². The fourth-order valence-corrected chi connectivity index (χ4v) is 1.41. The zero-order valence-corrected chi connectivity index (χ0v) is 5.58. The predicted molar refractivity (Wildman–Crippen MR) is 34.1 cm³/mol. The smallest absolute Gasteiger partial charge is 0.307 e. The molecule has 1 N–H and O–H groups in total. The molecule has 1 aliphatic carbocycles. The lowest BCUT2D eigenvalue weighted by molar-refractivity contribution is -0.142. The standard InChI is InChI=1S/C7H9NO2/c8-4-5-2-1-3-6(5)7(9)10/h5-6H,1-3H2,(H,9,10)/t5-,6+/m0/s1. The molecule has 1 rings (SSSR count). The minimum atomic E-state index is -0.816.